The molecular weight excluding hydrogens is 816 g/mol. The monoisotopic (exact) mass is 924 g/mol. The molecule has 0 aromatic rings. The highest BCUT2D eigenvalue weighted by Gasteiger charge is 2.27. The number of amides is 1. The van der Waals surface area contributed by atoms with Crippen LogP contribution < -0.4 is 5.32 Å². The Labute approximate surface area is 397 Å². The molecule has 0 aliphatic rings. The summed E-state index contributed by atoms with van der Waals surface area (Å²) in [5.74, 6) is -0.187. The Morgan fingerprint density at radius 2 is 0.859 bits per heavy atom. The van der Waals surface area contributed by atoms with Crippen LogP contribution in [0.5, 0.6) is 0 Å². The molecule has 0 spiro atoms. The second-order valence-corrected chi connectivity index (χ2v) is 21.4. The lowest BCUT2D eigenvalue weighted by Gasteiger charge is -2.25. The van der Waals surface area contributed by atoms with Crippen molar-refractivity contribution in [3.63, 3.8) is 0 Å². The molecule has 0 saturated carbocycles. The highest BCUT2D eigenvalue weighted by Crippen LogP contribution is 2.43. The van der Waals surface area contributed by atoms with Gasteiger partial charge in [0.1, 0.15) is 13.2 Å². The van der Waals surface area contributed by atoms with Crippen LogP contribution in [-0.4, -0.2) is 73.4 Å². The van der Waals surface area contributed by atoms with Gasteiger partial charge < -0.3 is 19.8 Å². The van der Waals surface area contributed by atoms with Gasteiger partial charge in [-0.2, -0.15) is 0 Å². The van der Waals surface area contributed by atoms with Crippen LogP contribution in [0.3, 0.4) is 0 Å². The van der Waals surface area contributed by atoms with Gasteiger partial charge in [0, 0.05) is 6.42 Å². The number of aliphatic hydroxyl groups excluding tert-OH is 1. The summed E-state index contributed by atoms with van der Waals surface area (Å²) >= 11 is 0. The van der Waals surface area contributed by atoms with Gasteiger partial charge in [0.15, 0.2) is 0 Å². The molecule has 0 aliphatic heterocycles. The van der Waals surface area contributed by atoms with Gasteiger partial charge in [-0.25, -0.2) is 4.57 Å². The maximum atomic E-state index is 12.9. The first-order chi connectivity index (χ1) is 31.0. The van der Waals surface area contributed by atoms with E-state index in [0.717, 1.165) is 38.5 Å². The van der Waals surface area contributed by atoms with E-state index < -0.39 is 20.0 Å². The summed E-state index contributed by atoms with van der Waals surface area (Å²) in [5, 5.41) is 13.9. The number of likely N-dealkylation sites (N-methyl/N-ethyl adjacent to an activating group) is 1. The molecule has 0 bridgehead atoms. The zero-order valence-electron chi connectivity index (χ0n) is 43.0. The number of nitrogens with zero attached hydrogens (tertiary/aromatic N) is 1. The minimum Gasteiger partial charge on any atom is -0.387 e. The minimum absolute atomic E-state index is 0.0563. The van der Waals surface area contributed by atoms with Crippen LogP contribution in [0, 0.1) is 0 Å². The minimum atomic E-state index is -4.35. The Morgan fingerprint density at radius 1 is 0.516 bits per heavy atom. The molecular formula is C55H108N2O6P+. The number of nitrogens with one attached hydrogen (secondary N) is 1. The summed E-state index contributed by atoms with van der Waals surface area (Å²) in [7, 11) is 1.56. The smallest absolute Gasteiger partial charge is 0.387 e. The first kappa shape index (κ1) is 62.7. The fraction of sp³-hybridized carbons (Fsp3) is 0.873. The molecule has 64 heavy (non-hydrogen) atoms. The van der Waals surface area contributed by atoms with Crippen LogP contribution in [-0.2, 0) is 18.4 Å². The topological polar surface area (TPSA) is 105 Å². The summed E-state index contributed by atoms with van der Waals surface area (Å²) in [4.78, 5) is 23.2. The predicted octanol–water partition coefficient (Wildman–Crippen LogP) is 16.2. The molecule has 0 fully saturated rings. The lowest BCUT2D eigenvalue weighted by molar-refractivity contribution is -0.870. The Kier molecular flexibility index (Phi) is 45.9. The van der Waals surface area contributed by atoms with Crippen LogP contribution in [0.4, 0.5) is 0 Å². The largest absolute Gasteiger partial charge is 0.472 e. The lowest BCUT2D eigenvalue weighted by Crippen LogP contribution is -2.45. The highest BCUT2D eigenvalue weighted by atomic mass is 31.2. The van der Waals surface area contributed by atoms with Crippen LogP contribution in [0.2, 0.25) is 0 Å². The van der Waals surface area contributed by atoms with Crippen molar-refractivity contribution in [2.45, 2.75) is 270 Å². The summed E-state index contributed by atoms with van der Waals surface area (Å²) in [6, 6.07) is -0.864. The molecule has 0 radical (unpaired) electrons. The summed E-state index contributed by atoms with van der Waals surface area (Å²) in [5.41, 5.74) is 0. The number of carbonyl (C=O) groups is 1. The van der Waals surface area contributed by atoms with Crippen LogP contribution >= 0.6 is 7.82 Å². The highest BCUT2D eigenvalue weighted by molar-refractivity contribution is 7.47. The summed E-state index contributed by atoms with van der Waals surface area (Å²) < 4.78 is 23.7. The van der Waals surface area contributed by atoms with Gasteiger partial charge in [-0.05, 0) is 57.8 Å². The van der Waals surface area contributed by atoms with Crippen molar-refractivity contribution in [2.24, 2.45) is 0 Å². The second-order valence-electron chi connectivity index (χ2n) is 19.9. The average Bonchev–Trinajstić information content (AvgIpc) is 3.25. The van der Waals surface area contributed by atoms with Gasteiger partial charge in [-0.1, -0.05) is 230 Å². The van der Waals surface area contributed by atoms with Crippen LogP contribution in [0.15, 0.2) is 36.5 Å². The average molecular weight is 924 g/mol. The molecule has 9 heteroatoms. The molecule has 378 valence electrons. The maximum Gasteiger partial charge on any atom is 0.472 e. The zero-order chi connectivity index (χ0) is 47.1. The van der Waals surface area contributed by atoms with Crippen molar-refractivity contribution >= 4 is 13.7 Å². The van der Waals surface area contributed by atoms with E-state index in [1.54, 1.807) is 6.08 Å². The number of hydrogen-bond acceptors (Lipinski definition) is 5. The van der Waals surface area contributed by atoms with Crippen molar-refractivity contribution in [3.05, 3.63) is 36.5 Å². The zero-order valence-corrected chi connectivity index (χ0v) is 43.9. The maximum absolute atomic E-state index is 12.9. The third-order valence-corrected chi connectivity index (χ3v) is 13.3. The molecule has 3 atom stereocenters. The summed E-state index contributed by atoms with van der Waals surface area (Å²) in [6.07, 6.45) is 59.5. The molecule has 0 aromatic carbocycles. The third kappa shape index (κ3) is 48.6. The van der Waals surface area contributed by atoms with Crippen molar-refractivity contribution < 1.29 is 32.9 Å². The van der Waals surface area contributed by atoms with Gasteiger partial charge in [-0.15, -0.1) is 0 Å². The van der Waals surface area contributed by atoms with Gasteiger partial charge in [0.05, 0.1) is 39.9 Å². The number of carbonyl (C=O) groups excluding carboxylic acids is 1. The fourth-order valence-electron chi connectivity index (χ4n) is 7.99. The standard InChI is InChI=1S/C55H107N2O6P/c1-6-8-10-12-14-16-18-20-22-24-26-27-28-29-31-32-34-36-38-40-42-44-46-48-54(58)53(52-63-64(60,61)62-51-50-57(3,4)5)56-55(59)49-47-45-43-41-39-37-35-33-30-25-23-21-19-17-15-13-11-9-7-2/h21,23,38,40,46,48,53-54,58H,6-20,22,24-37,39,41-45,47,49-52H2,1-5H3,(H-,56,59,60,61)/p+1/b23-21-,40-38+,48-46+. The molecule has 0 rings (SSSR count). The Bertz CT molecular complexity index is 1140. The number of hydrogen-bond donors (Lipinski definition) is 3. The quantitative estimate of drug-likeness (QED) is 0.0243. The van der Waals surface area contributed by atoms with Crippen LogP contribution in [0.1, 0.15) is 258 Å². The first-order valence-corrected chi connectivity index (χ1v) is 28.9. The SMILES string of the molecule is CCCCCCCC/C=C\CCCCCCCCCCCC(=O)NC(COP(=O)(O)OCC[N+](C)(C)C)C(O)/C=C/CC/C=C/CCCCCCCCCCCCCCCCCCC. The number of phosphoric ester groups is 1. The number of phosphoric acid groups is 1. The molecule has 0 aromatic heterocycles. The van der Waals surface area contributed by atoms with E-state index in [2.05, 4.69) is 43.5 Å². The number of aliphatic hydroxyl groups is 1. The van der Waals surface area contributed by atoms with Crippen molar-refractivity contribution in [1.29, 1.82) is 0 Å². The molecule has 3 N–H and O–H groups in total. The Hall–Kier alpha value is -1.28. The normalized spacial score (nSPS) is 14.3. The molecule has 1 amide bonds. The molecule has 0 saturated heterocycles. The number of allylic oxidation sites excluding steroid dienone is 5. The molecule has 0 heterocycles. The van der Waals surface area contributed by atoms with E-state index in [9.17, 15) is 19.4 Å². The summed E-state index contributed by atoms with van der Waals surface area (Å²) in [6.45, 7) is 4.82. The Morgan fingerprint density at radius 3 is 1.25 bits per heavy atom. The van der Waals surface area contributed by atoms with Gasteiger partial charge in [0.2, 0.25) is 5.91 Å². The Balaban J connectivity index is 4.30. The van der Waals surface area contributed by atoms with Crippen molar-refractivity contribution in [2.75, 3.05) is 40.9 Å². The second kappa shape index (κ2) is 46.8. The first-order valence-electron chi connectivity index (χ1n) is 27.4. The molecule has 8 nitrogen and oxygen atoms in total. The number of rotatable bonds is 50. The molecule has 3 unspecified atom stereocenters. The fourth-order valence-corrected chi connectivity index (χ4v) is 8.73. The van der Waals surface area contributed by atoms with Crippen molar-refractivity contribution in [1.82, 2.24) is 5.32 Å². The van der Waals surface area contributed by atoms with E-state index >= 15 is 0 Å². The van der Waals surface area contributed by atoms with Gasteiger partial charge >= 0.3 is 7.82 Å². The van der Waals surface area contributed by atoms with Crippen molar-refractivity contribution in [3.8, 4) is 0 Å². The van der Waals surface area contributed by atoms with E-state index in [4.69, 9.17) is 9.05 Å². The predicted molar refractivity (Wildman–Crippen MR) is 277 cm³/mol. The van der Waals surface area contributed by atoms with Gasteiger partial charge in [0.25, 0.3) is 0 Å². The van der Waals surface area contributed by atoms with E-state index in [1.165, 1.54) is 199 Å². The third-order valence-electron chi connectivity index (χ3n) is 12.3. The lowest BCUT2D eigenvalue weighted by atomic mass is 10.0. The van der Waals surface area contributed by atoms with E-state index in [0.29, 0.717) is 17.4 Å². The van der Waals surface area contributed by atoms with E-state index in [1.807, 2.05) is 27.2 Å². The number of quaternary nitrogens is 1. The van der Waals surface area contributed by atoms with Gasteiger partial charge in [-0.3, -0.25) is 13.8 Å². The number of unbranched alkanes of at least 4 members (excludes halogenated alkanes) is 33. The van der Waals surface area contributed by atoms with E-state index in [-0.39, 0.29) is 19.1 Å². The molecule has 0 aliphatic carbocycles. The van der Waals surface area contributed by atoms with Crippen LogP contribution in [0.25, 0.3) is 0 Å².